The summed E-state index contributed by atoms with van der Waals surface area (Å²) in [6, 6.07) is 27.6. The molecule has 2 aliphatic carbocycles. The van der Waals surface area contributed by atoms with Crippen LogP contribution in [0.15, 0.2) is 120 Å². The molecule has 5 atom stereocenters. The molecular weight excluding hydrogens is 1550 g/mol. The van der Waals surface area contributed by atoms with Crippen molar-refractivity contribution in [1.82, 2.24) is 60.8 Å². The Hall–Kier alpha value is -11.1. The molecule has 0 radical (unpaired) electrons. The average Bonchev–Trinajstić information content (AvgIpc) is 1.32. The normalized spacial score (nSPS) is 20.2. The molecule has 3 aromatic heterocycles. The van der Waals surface area contributed by atoms with Crippen molar-refractivity contribution in [3.63, 3.8) is 0 Å². The summed E-state index contributed by atoms with van der Waals surface area (Å²) in [5.41, 5.74) is 2.54. The molecule has 0 bridgehead atoms. The Morgan fingerprint density at radius 2 is 1.52 bits per heavy atom. The molecule has 1 spiro atoms. The summed E-state index contributed by atoms with van der Waals surface area (Å²) < 4.78 is 30.9. The van der Waals surface area contributed by atoms with Gasteiger partial charge in [0, 0.05) is 132 Å². The highest BCUT2D eigenvalue weighted by molar-refractivity contribution is 6.13. The second kappa shape index (κ2) is 40.0. The number of likely N-dealkylation sites (tertiary alicyclic amines) is 2. The summed E-state index contributed by atoms with van der Waals surface area (Å²) in [5, 5.41) is 67.3. The summed E-state index contributed by atoms with van der Waals surface area (Å²) in [6.45, 7) is 12.9. The van der Waals surface area contributed by atoms with Gasteiger partial charge in [-0.05, 0) is 170 Å². The molecule has 7 N–H and O–H groups in total. The van der Waals surface area contributed by atoms with E-state index in [4.69, 9.17) is 23.5 Å². The number of hydrogen-bond donors (Lipinski definition) is 7. The second-order valence-electron chi connectivity index (χ2n) is 33.7. The number of carbonyl (C=O) groups excluding carboxylic acids is 7. The number of phenolic OH excluding ortho intramolecular Hbond substituents is 1. The zero-order valence-electron chi connectivity index (χ0n) is 69.8. The van der Waals surface area contributed by atoms with E-state index in [0.29, 0.717) is 162 Å². The molecule has 0 unspecified atom stereocenters. The largest absolute Gasteiger partial charge is 0.507 e. The van der Waals surface area contributed by atoms with Crippen LogP contribution in [0.1, 0.15) is 145 Å². The number of nitrogens with one attached hydrogen (secondary N) is 4. The molecule has 5 aliphatic heterocycles. The first-order chi connectivity index (χ1) is 58.3. The smallest absolute Gasteiger partial charge is 0.413 e. The molecule has 4 saturated heterocycles. The van der Waals surface area contributed by atoms with Crippen LogP contribution in [-0.2, 0) is 49.6 Å². The van der Waals surface area contributed by atoms with E-state index in [1.54, 1.807) is 91.1 Å². The highest BCUT2D eigenvalue weighted by Gasteiger charge is 2.53. The number of amides is 8. The number of hydrogen-bond acceptors (Lipinski definition) is 25. The molecular formula is C88H113N17O16. The maximum absolute atomic E-state index is 14.3. The molecule has 33 nitrogen and oxygen atoms in total. The van der Waals surface area contributed by atoms with Crippen LogP contribution >= 0.6 is 0 Å². The first-order valence-corrected chi connectivity index (χ1v) is 42.3. The van der Waals surface area contributed by atoms with E-state index in [-0.39, 0.29) is 90.7 Å². The number of benzene rings is 3. The number of nitrogens with zero attached hydrogens (tertiary/aromatic N) is 13. The standard InChI is InChI=1S/C88H113N17O16/c1-57(2)79(83(112)103-53-64(106)46-72(103)82(111)92-58(3)61-22-18-59(51-89)19-23-61)74-50-76(97-121-74)118-44-43-100-37-29-65(30-38-100)119-66-47-67(48-66)120-75-45-63(28-34-90-75)105-42-40-101(54-87(105)55-117-56-87)71-49-70(68-15-8-9-17-73(68)107)95-96-80(71)104(86(115)116)52-60-20-24-62(25-21-60)93-81(110)69(16-10-13-35-98(4)5)94-85(114)88(31-14-32-88)84(113)91-33-11-7-12-36-99(6)39-41-102-77(108)26-27-78(102)109/h8-9,15,17-28,34,45,49-50,57-58,64-67,69,72,79,106-107H,7,10-14,16,29-33,35-44,46-48,52-56H2,1-6H3,(H,91,113)(H,92,111)(H,93,110)(H,94,114)(H,115,116)/t58-,64-,66?,67?,69+,72+,79-/m1/s1. The second-order valence-corrected chi connectivity index (χ2v) is 33.7. The zero-order valence-corrected chi connectivity index (χ0v) is 69.8. The van der Waals surface area contributed by atoms with Crippen LogP contribution in [-0.4, -0.2) is 269 Å². The van der Waals surface area contributed by atoms with Crippen molar-refractivity contribution in [1.29, 1.82) is 5.26 Å². The van der Waals surface area contributed by atoms with E-state index in [1.807, 2.05) is 58.9 Å². The number of aromatic nitrogens is 4. The van der Waals surface area contributed by atoms with Crippen LogP contribution in [0.4, 0.5) is 27.7 Å². The number of anilines is 4. The van der Waals surface area contributed by atoms with Gasteiger partial charge in [0.1, 0.15) is 47.4 Å². The Morgan fingerprint density at radius 3 is 2.21 bits per heavy atom. The Morgan fingerprint density at radius 1 is 0.777 bits per heavy atom. The first kappa shape index (κ1) is 87.7. The van der Waals surface area contributed by atoms with Gasteiger partial charge in [0.25, 0.3) is 17.7 Å². The molecule has 6 aromatic rings. The number of aromatic hydroxyl groups is 1. The number of β-amino-alcohol motifs (C(OH)–C–C–N with tert-alkyl or cyclic N) is 1. The zero-order chi connectivity index (χ0) is 85.5. The minimum absolute atomic E-state index is 0.000894. The number of pyridine rings is 1. The number of likely N-dealkylation sites (N-methyl/N-ethyl adjacent to an activating group) is 1. The third kappa shape index (κ3) is 21.6. The van der Waals surface area contributed by atoms with Crippen LogP contribution in [0.3, 0.4) is 0 Å². The highest BCUT2D eigenvalue weighted by atomic mass is 16.5. The molecule has 13 rings (SSSR count). The number of carboxylic acid groups (broad SMARTS) is 1. The average molecular weight is 1660 g/mol. The van der Waals surface area contributed by atoms with Gasteiger partial charge in [0.05, 0.1) is 67.1 Å². The minimum atomic E-state index is -1.30. The number of imide groups is 1. The topological polar surface area (TPSA) is 397 Å². The number of aliphatic hydroxyl groups excluding tert-OH is 1. The van der Waals surface area contributed by atoms with Crippen molar-refractivity contribution < 1.29 is 77.1 Å². The Labute approximate surface area is 705 Å². The lowest BCUT2D eigenvalue weighted by molar-refractivity contribution is -0.151. The molecule has 33 heteroatoms. The number of carbonyl (C=O) groups is 8. The number of phenols is 1. The molecule has 2 saturated carbocycles. The summed E-state index contributed by atoms with van der Waals surface area (Å²) >= 11 is 0. The Balaban J connectivity index is 0.574. The Kier molecular flexibility index (Phi) is 29.0. The van der Waals surface area contributed by atoms with Crippen molar-refractivity contribution in [3.05, 3.63) is 138 Å². The van der Waals surface area contributed by atoms with Crippen LogP contribution in [0.5, 0.6) is 17.5 Å². The van der Waals surface area contributed by atoms with E-state index in [0.717, 1.165) is 74.4 Å². The predicted octanol–water partition coefficient (Wildman–Crippen LogP) is 7.40. The van der Waals surface area contributed by atoms with Gasteiger partial charge in [-0.1, -0.05) is 63.1 Å². The molecule has 121 heavy (non-hydrogen) atoms. The Bertz CT molecular complexity index is 4670. The van der Waals surface area contributed by atoms with E-state index in [1.165, 1.54) is 22.0 Å². The maximum atomic E-state index is 14.3. The van der Waals surface area contributed by atoms with Crippen molar-refractivity contribution >= 4 is 70.3 Å². The predicted molar refractivity (Wildman–Crippen MR) is 448 cm³/mol. The van der Waals surface area contributed by atoms with Crippen LogP contribution < -0.4 is 45.4 Å². The van der Waals surface area contributed by atoms with E-state index >= 15 is 0 Å². The number of rotatable bonds is 39. The lowest BCUT2D eigenvalue weighted by Gasteiger charge is -2.56. The number of ether oxygens (including phenoxy) is 4. The first-order valence-electron chi connectivity index (χ1n) is 42.3. The highest BCUT2D eigenvalue weighted by Crippen LogP contribution is 2.44. The number of unbranched alkanes of at least 4 members (excludes halogenated alkanes) is 3. The quantitative estimate of drug-likeness (QED) is 0.0112. The fourth-order valence-corrected chi connectivity index (χ4v) is 16.9. The molecule has 8 heterocycles. The number of aliphatic hydroxyl groups is 1. The van der Waals surface area contributed by atoms with Gasteiger partial charge in [0.2, 0.25) is 35.4 Å². The number of piperidine rings is 1. The fourth-order valence-electron chi connectivity index (χ4n) is 16.9. The van der Waals surface area contributed by atoms with Gasteiger partial charge in [-0.2, -0.15) is 5.26 Å². The number of piperazine rings is 1. The lowest BCUT2D eigenvalue weighted by atomic mass is 9.67. The van der Waals surface area contributed by atoms with Gasteiger partial charge in [0.15, 0.2) is 11.6 Å². The van der Waals surface area contributed by atoms with Gasteiger partial charge >= 0.3 is 6.09 Å². The molecule has 646 valence electrons. The molecule has 8 amide bonds. The molecule has 3 aromatic carbocycles. The SMILES string of the molecule is CC(C)[C@@H](C(=O)N1C[C@H](O)C[C@H]1C(=O)N[C@H](C)c1ccc(C#N)cc1)c1cc(OCCN2CCC(OC3CC(Oc4cc(N5CCN(c6cc(-c7ccccc7O)nnc6N(Cc6ccc(NC(=O)[C@H](CCCCN(C)C)NC(=O)C7(C(=O)NCCCCCN(C)CCN8C(=O)C=CC8=O)CCC7)cc6)C(=O)O)CC56COC6)ccn4)C3)CC2)no1. The third-order valence-corrected chi connectivity index (χ3v) is 24.3. The van der Waals surface area contributed by atoms with E-state index < -0.39 is 59.0 Å². The van der Waals surface area contributed by atoms with Crippen molar-refractivity contribution in [2.75, 3.05) is 140 Å². The van der Waals surface area contributed by atoms with Gasteiger partial charge < -0.3 is 84.6 Å². The summed E-state index contributed by atoms with van der Waals surface area (Å²) in [7, 11) is 5.86. The van der Waals surface area contributed by atoms with Gasteiger partial charge in [-0.15, -0.1) is 10.2 Å². The summed E-state index contributed by atoms with van der Waals surface area (Å²) in [5.74, 6) is -2.56. The minimum Gasteiger partial charge on any atom is -0.507 e. The van der Waals surface area contributed by atoms with Crippen LogP contribution in [0.2, 0.25) is 0 Å². The fraction of sp³-hybridized carbons (Fsp3) is 0.534. The van der Waals surface area contributed by atoms with Crippen molar-refractivity contribution in [2.45, 2.75) is 171 Å². The lowest BCUT2D eigenvalue weighted by Crippen LogP contribution is -2.72. The van der Waals surface area contributed by atoms with Crippen molar-refractivity contribution in [3.8, 4) is 34.8 Å². The maximum Gasteiger partial charge on any atom is 0.413 e. The molecule has 6 fully saturated rings. The number of nitriles is 1. The molecule has 7 aliphatic rings. The van der Waals surface area contributed by atoms with Crippen LogP contribution in [0, 0.1) is 22.7 Å². The van der Waals surface area contributed by atoms with E-state index in [2.05, 4.69) is 67.3 Å². The summed E-state index contributed by atoms with van der Waals surface area (Å²) in [4.78, 5) is 127. The van der Waals surface area contributed by atoms with Crippen molar-refractivity contribution in [2.24, 2.45) is 11.3 Å². The monoisotopic (exact) mass is 1660 g/mol. The summed E-state index contributed by atoms with van der Waals surface area (Å²) in [6.07, 6.45) is 10.8. The third-order valence-electron chi connectivity index (χ3n) is 24.3. The van der Waals surface area contributed by atoms with Crippen LogP contribution in [0.25, 0.3) is 11.3 Å². The number of para-hydroxylation sites is 1. The van der Waals surface area contributed by atoms with E-state index in [9.17, 15) is 58.9 Å². The van der Waals surface area contributed by atoms with Gasteiger partial charge in [-0.25, -0.2) is 9.78 Å². The van der Waals surface area contributed by atoms with Gasteiger partial charge in [-0.3, -0.25) is 48.3 Å².